The molecule has 0 saturated carbocycles. The summed E-state index contributed by atoms with van der Waals surface area (Å²) in [4.78, 5) is 17.3. The van der Waals surface area contributed by atoms with Gasteiger partial charge in [0.05, 0.1) is 0 Å². The fourth-order valence-electron chi connectivity index (χ4n) is 3.26. The molecule has 0 aromatic heterocycles. The van der Waals surface area contributed by atoms with Gasteiger partial charge in [0, 0.05) is 44.3 Å². The van der Waals surface area contributed by atoms with Gasteiger partial charge in [0.1, 0.15) is 0 Å². The molecule has 134 valence electrons. The maximum Gasteiger partial charge on any atom is 0.251 e. The van der Waals surface area contributed by atoms with E-state index in [0.717, 1.165) is 31.7 Å². The van der Waals surface area contributed by atoms with Gasteiger partial charge in [-0.2, -0.15) is 0 Å². The molecule has 4 nitrogen and oxygen atoms in total. The standard InChI is InChI=1S/C20H33N3O/c1-15(2)17-6-8-18(9-7-17)20(24)21-14-19(16(3)4)23-12-10-22(5)11-13-23/h6-9,15-16,19H,10-14H2,1-5H3,(H,21,24). The van der Waals surface area contributed by atoms with E-state index in [4.69, 9.17) is 0 Å². The molecule has 0 spiro atoms. The first-order chi connectivity index (χ1) is 11.4. The van der Waals surface area contributed by atoms with Gasteiger partial charge in [0.15, 0.2) is 0 Å². The van der Waals surface area contributed by atoms with Crippen LogP contribution in [-0.2, 0) is 0 Å². The minimum Gasteiger partial charge on any atom is -0.350 e. The van der Waals surface area contributed by atoms with Crippen LogP contribution >= 0.6 is 0 Å². The Morgan fingerprint density at radius 2 is 1.62 bits per heavy atom. The molecule has 1 amide bonds. The molecule has 1 saturated heterocycles. The Balaban J connectivity index is 1.92. The number of piperazine rings is 1. The van der Waals surface area contributed by atoms with Gasteiger partial charge in [-0.15, -0.1) is 0 Å². The van der Waals surface area contributed by atoms with E-state index in [1.807, 2.05) is 12.1 Å². The fraction of sp³-hybridized carbons (Fsp3) is 0.650. The van der Waals surface area contributed by atoms with E-state index in [1.54, 1.807) is 0 Å². The minimum atomic E-state index is 0.0325. The van der Waals surface area contributed by atoms with Crippen LogP contribution in [0.4, 0.5) is 0 Å². The van der Waals surface area contributed by atoms with Crippen molar-refractivity contribution in [2.75, 3.05) is 39.8 Å². The van der Waals surface area contributed by atoms with Crippen LogP contribution in [0.3, 0.4) is 0 Å². The number of benzene rings is 1. The highest BCUT2D eigenvalue weighted by Crippen LogP contribution is 2.15. The predicted octanol–water partition coefficient (Wildman–Crippen LogP) is 2.81. The number of hydrogen-bond acceptors (Lipinski definition) is 3. The molecule has 0 radical (unpaired) electrons. The number of amides is 1. The van der Waals surface area contributed by atoms with Crippen LogP contribution in [0.1, 0.15) is 49.5 Å². The number of likely N-dealkylation sites (N-methyl/N-ethyl adjacent to an activating group) is 1. The van der Waals surface area contributed by atoms with E-state index >= 15 is 0 Å². The normalized spacial score (nSPS) is 18.1. The second-order valence-corrected chi connectivity index (χ2v) is 7.64. The molecule has 1 aliphatic heterocycles. The lowest BCUT2D eigenvalue weighted by atomic mass is 10.0. The average molecular weight is 332 g/mol. The molecule has 1 aromatic carbocycles. The van der Waals surface area contributed by atoms with Crippen LogP contribution in [0.5, 0.6) is 0 Å². The number of carbonyl (C=O) groups excluding carboxylic acids is 1. The van der Waals surface area contributed by atoms with Crippen LogP contribution in [-0.4, -0.2) is 61.5 Å². The third-order valence-corrected chi connectivity index (χ3v) is 5.09. The van der Waals surface area contributed by atoms with Gasteiger partial charge in [-0.1, -0.05) is 39.8 Å². The van der Waals surface area contributed by atoms with Gasteiger partial charge in [-0.25, -0.2) is 0 Å². The summed E-state index contributed by atoms with van der Waals surface area (Å²) in [5.74, 6) is 1.05. The first-order valence-corrected chi connectivity index (χ1v) is 9.19. The maximum absolute atomic E-state index is 12.4. The van der Waals surface area contributed by atoms with E-state index < -0.39 is 0 Å². The highest BCUT2D eigenvalue weighted by atomic mass is 16.1. The third-order valence-electron chi connectivity index (χ3n) is 5.09. The summed E-state index contributed by atoms with van der Waals surface area (Å²) < 4.78 is 0. The van der Waals surface area contributed by atoms with Gasteiger partial charge in [-0.05, 0) is 36.6 Å². The molecular weight excluding hydrogens is 298 g/mol. The lowest BCUT2D eigenvalue weighted by molar-refractivity contribution is 0.0791. The van der Waals surface area contributed by atoms with Crippen molar-refractivity contribution in [2.24, 2.45) is 5.92 Å². The Bertz CT molecular complexity index is 516. The quantitative estimate of drug-likeness (QED) is 0.871. The van der Waals surface area contributed by atoms with Crippen molar-refractivity contribution in [1.29, 1.82) is 0 Å². The Hall–Kier alpha value is -1.39. The molecule has 2 rings (SSSR count). The van der Waals surface area contributed by atoms with E-state index in [1.165, 1.54) is 5.56 Å². The van der Waals surface area contributed by atoms with Crippen LogP contribution in [0.15, 0.2) is 24.3 Å². The highest BCUT2D eigenvalue weighted by molar-refractivity contribution is 5.94. The number of hydrogen-bond donors (Lipinski definition) is 1. The van der Waals surface area contributed by atoms with Crippen LogP contribution in [0.25, 0.3) is 0 Å². The molecule has 0 bridgehead atoms. The Labute approximate surface area is 147 Å². The lowest BCUT2D eigenvalue weighted by Gasteiger charge is -2.39. The van der Waals surface area contributed by atoms with Gasteiger partial charge in [-0.3, -0.25) is 9.69 Å². The Morgan fingerprint density at radius 1 is 1.04 bits per heavy atom. The molecule has 4 heteroatoms. The summed E-state index contributed by atoms with van der Waals surface area (Å²) in [7, 11) is 2.17. The Morgan fingerprint density at radius 3 is 2.12 bits per heavy atom. The first-order valence-electron chi connectivity index (χ1n) is 9.19. The monoisotopic (exact) mass is 331 g/mol. The van der Waals surface area contributed by atoms with Gasteiger partial charge in [0.2, 0.25) is 0 Å². The van der Waals surface area contributed by atoms with Gasteiger partial charge < -0.3 is 10.2 Å². The third kappa shape index (κ3) is 5.05. The minimum absolute atomic E-state index is 0.0325. The van der Waals surface area contributed by atoms with Crippen molar-refractivity contribution >= 4 is 5.91 Å². The zero-order valence-corrected chi connectivity index (χ0v) is 15.9. The van der Waals surface area contributed by atoms with Crippen LogP contribution in [0, 0.1) is 5.92 Å². The zero-order chi connectivity index (χ0) is 17.7. The fourth-order valence-corrected chi connectivity index (χ4v) is 3.26. The molecule has 1 aromatic rings. The first kappa shape index (κ1) is 18.9. The molecule has 1 aliphatic rings. The van der Waals surface area contributed by atoms with Gasteiger partial charge >= 0.3 is 0 Å². The maximum atomic E-state index is 12.4. The molecule has 1 N–H and O–H groups in total. The summed E-state index contributed by atoms with van der Waals surface area (Å²) in [6.07, 6.45) is 0. The number of nitrogens with zero attached hydrogens (tertiary/aromatic N) is 2. The molecule has 1 heterocycles. The second kappa shape index (κ2) is 8.63. The summed E-state index contributed by atoms with van der Waals surface area (Å²) in [6.45, 7) is 13.9. The lowest BCUT2D eigenvalue weighted by Crippen LogP contribution is -2.54. The van der Waals surface area contributed by atoms with E-state index in [2.05, 4.69) is 62.0 Å². The topological polar surface area (TPSA) is 35.6 Å². The number of carbonyl (C=O) groups is 1. The highest BCUT2D eigenvalue weighted by Gasteiger charge is 2.25. The number of rotatable bonds is 6. The second-order valence-electron chi connectivity index (χ2n) is 7.64. The van der Waals surface area contributed by atoms with Crippen LogP contribution < -0.4 is 5.32 Å². The van der Waals surface area contributed by atoms with Crippen LogP contribution in [0.2, 0.25) is 0 Å². The molecule has 24 heavy (non-hydrogen) atoms. The van der Waals surface area contributed by atoms with E-state index in [0.29, 0.717) is 24.4 Å². The Kier molecular flexibility index (Phi) is 6.81. The predicted molar refractivity (Wildman–Crippen MR) is 101 cm³/mol. The van der Waals surface area contributed by atoms with Crippen molar-refractivity contribution in [3.05, 3.63) is 35.4 Å². The summed E-state index contributed by atoms with van der Waals surface area (Å²) in [5, 5.41) is 3.14. The molecule has 1 unspecified atom stereocenters. The van der Waals surface area contributed by atoms with E-state index in [9.17, 15) is 4.79 Å². The van der Waals surface area contributed by atoms with Crippen molar-refractivity contribution in [2.45, 2.75) is 39.7 Å². The average Bonchev–Trinajstić information content (AvgIpc) is 2.56. The van der Waals surface area contributed by atoms with Crippen molar-refractivity contribution in [3.63, 3.8) is 0 Å². The molecule has 1 fully saturated rings. The summed E-state index contributed by atoms with van der Waals surface area (Å²) >= 11 is 0. The molecule has 1 atom stereocenters. The van der Waals surface area contributed by atoms with Crippen molar-refractivity contribution in [1.82, 2.24) is 15.1 Å². The van der Waals surface area contributed by atoms with E-state index in [-0.39, 0.29) is 5.91 Å². The smallest absolute Gasteiger partial charge is 0.251 e. The summed E-state index contributed by atoms with van der Waals surface area (Å²) in [5.41, 5.74) is 2.02. The zero-order valence-electron chi connectivity index (χ0n) is 15.9. The van der Waals surface area contributed by atoms with Gasteiger partial charge in [0.25, 0.3) is 5.91 Å². The SMILES string of the molecule is CC(C)c1ccc(C(=O)NCC(C(C)C)N2CCN(C)CC2)cc1. The molecular formula is C20H33N3O. The summed E-state index contributed by atoms with van der Waals surface area (Å²) in [6, 6.07) is 8.38. The largest absolute Gasteiger partial charge is 0.350 e. The molecule has 0 aliphatic carbocycles. The van der Waals surface area contributed by atoms with Crippen molar-refractivity contribution < 1.29 is 4.79 Å². The number of nitrogens with one attached hydrogen (secondary N) is 1. The van der Waals surface area contributed by atoms with Crippen molar-refractivity contribution in [3.8, 4) is 0 Å².